The molecule has 2 fully saturated rings. The highest BCUT2D eigenvalue weighted by atomic mass is 14.9. The first kappa shape index (κ1) is 6.11. The number of hydrogen-bond donors (Lipinski definition) is 0. The van der Waals surface area contributed by atoms with E-state index in [0.29, 0.717) is 0 Å². The molecule has 0 aromatic heterocycles. The van der Waals surface area contributed by atoms with Gasteiger partial charge in [-0.2, -0.15) is 4.79 Å². The fourth-order valence-corrected chi connectivity index (χ4v) is 2.48. The zero-order valence-corrected chi connectivity index (χ0v) is 6.30. The van der Waals surface area contributed by atoms with E-state index in [-0.39, 0.29) is 5.41 Å². The Hall–Kier alpha value is -0.620. The van der Waals surface area contributed by atoms with Crippen LogP contribution in [0.1, 0.15) is 32.6 Å². The van der Waals surface area contributed by atoms with Crippen molar-refractivity contribution in [1.82, 2.24) is 0 Å². The van der Waals surface area contributed by atoms with Gasteiger partial charge in [-0.15, -0.1) is 0 Å². The first-order chi connectivity index (χ1) is 4.74. The minimum Gasteiger partial charge on any atom is -0.362 e. The van der Waals surface area contributed by atoms with E-state index in [4.69, 9.17) is 5.53 Å². The summed E-state index contributed by atoms with van der Waals surface area (Å²) in [5, 5.41) is 0. The molecular formula is C8H12N2. The second kappa shape index (κ2) is 1.70. The summed E-state index contributed by atoms with van der Waals surface area (Å²) >= 11 is 0. The van der Waals surface area contributed by atoms with E-state index in [2.05, 4.69) is 11.7 Å². The molecule has 2 bridgehead atoms. The summed E-state index contributed by atoms with van der Waals surface area (Å²) in [6.45, 7) is 2.22. The Kier molecular flexibility index (Phi) is 1.04. The first-order valence-corrected chi connectivity index (χ1v) is 3.96. The molecule has 0 amide bonds. The van der Waals surface area contributed by atoms with Gasteiger partial charge < -0.3 is 5.53 Å². The van der Waals surface area contributed by atoms with Crippen molar-refractivity contribution in [2.45, 2.75) is 32.6 Å². The normalized spacial score (nSPS) is 44.1. The van der Waals surface area contributed by atoms with Gasteiger partial charge in [0.2, 0.25) is 0 Å². The molecule has 0 aliphatic heterocycles. The Bertz CT molecular complexity index is 215. The second-order valence-corrected chi connectivity index (χ2v) is 3.92. The van der Waals surface area contributed by atoms with Gasteiger partial charge in [0.25, 0.3) is 5.71 Å². The molecule has 0 aromatic carbocycles. The molecule has 2 aliphatic carbocycles. The van der Waals surface area contributed by atoms with E-state index in [1.54, 1.807) is 0 Å². The summed E-state index contributed by atoms with van der Waals surface area (Å²) in [6.07, 6.45) is 4.88. The van der Waals surface area contributed by atoms with E-state index in [1.165, 1.54) is 19.3 Å². The van der Waals surface area contributed by atoms with Crippen LogP contribution >= 0.6 is 0 Å². The SMILES string of the molecule is C[C@]12CCC(CC1=[N+]=[N-])C2. The molecule has 2 nitrogen and oxygen atoms in total. The van der Waals surface area contributed by atoms with E-state index in [1.807, 2.05) is 0 Å². The summed E-state index contributed by atoms with van der Waals surface area (Å²) < 4.78 is 0. The summed E-state index contributed by atoms with van der Waals surface area (Å²) in [4.78, 5) is 3.36. The van der Waals surface area contributed by atoms with Crippen LogP contribution in [0, 0.1) is 11.3 Å². The van der Waals surface area contributed by atoms with E-state index >= 15 is 0 Å². The fraction of sp³-hybridized carbons (Fsp3) is 0.875. The van der Waals surface area contributed by atoms with Gasteiger partial charge in [-0.25, -0.2) is 0 Å². The van der Waals surface area contributed by atoms with Crippen LogP contribution < -0.4 is 0 Å². The van der Waals surface area contributed by atoms with Gasteiger partial charge in [0, 0.05) is 6.42 Å². The van der Waals surface area contributed by atoms with Crippen molar-refractivity contribution in [2.24, 2.45) is 11.3 Å². The second-order valence-electron chi connectivity index (χ2n) is 3.92. The van der Waals surface area contributed by atoms with Gasteiger partial charge in [-0.3, -0.25) is 0 Å². The monoisotopic (exact) mass is 136 g/mol. The fourth-order valence-electron chi connectivity index (χ4n) is 2.48. The number of hydrogen-bond acceptors (Lipinski definition) is 0. The molecule has 54 valence electrons. The van der Waals surface area contributed by atoms with Crippen LogP contribution in [0.25, 0.3) is 5.53 Å². The molecule has 0 N–H and O–H groups in total. The van der Waals surface area contributed by atoms with Crippen LogP contribution in [0.15, 0.2) is 0 Å². The van der Waals surface area contributed by atoms with Crippen LogP contribution in [0.3, 0.4) is 0 Å². The van der Waals surface area contributed by atoms with Crippen LogP contribution in [0.2, 0.25) is 0 Å². The molecule has 2 heteroatoms. The van der Waals surface area contributed by atoms with E-state index in [0.717, 1.165) is 18.1 Å². The average molecular weight is 136 g/mol. The van der Waals surface area contributed by atoms with Gasteiger partial charge in [0.15, 0.2) is 0 Å². The predicted molar refractivity (Wildman–Crippen MR) is 38.7 cm³/mol. The third-order valence-electron chi connectivity index (χ3n) is 3.14. The molecule has 1 unspecified atom stereocenters. The molecule has 0 saturated heterocycles. The summed E-state index contributed by atoms with van der Waals surface area (Å²) in [7, 11) is 0. The molecule has 2 saturated carbocycles. The molecule has 0 aromatic rings. The molecule has 10 heavy (non-hydrogen) atoms. The van der Waals surface area contributed by atoms with Gasteiger partial charge in [0.05, 0.1) is 5.41 Å². The van der Waals surface area contributed by atoms with Crippen LogP contribution in [-0.2, 0) is 0 Å². The minimum absolute atomic E-state index is 0.277. The standard InChI is InChI=1S/C8H12N2/c1-8-3-2-6(5-8)4-7(8)10-9/h6H,2-5H2,1H3/t6?,8-/m1/s1. The smallest absolute Gasteiger partial charge is 0.274 e. The molecule has 0 heterocycles. The third kappa shape index (κ3) is 0.600. The maximum atomic E-state index is 8.64. The molecule has 2 atom stereocenters. The largest absolute Gasteiger partial charge is 0.362 e. The Morgan fingerprint density at radius 1 is 1.70 bits per heavy atom. The number of fused-ring (bicyclic) bond motifs is 2. The molecule has 2 aliphatic rings. The molecule has 2 rings (SSSR count). The topological polar surface area (TPSA) is 36.4 Å². The molecule has 0 spiro atoms. The van der Waals surface area contributed by atoms with Crippen molar-refractivity contribution in [3.63, 3.8) is 0 Å². The lowest BCUT2D eigenvalue weighted by Crippen LogP contribution is -2.21. The third-order valence-corrected chi connectivity index (χ3v) is 3.14. The first-order valence-electron chi connectivity index (χ1n) is 3.96. The quantitative estimate of drug-likeness (QED) is 0.360. The summed E-state index contributed by atoms with van der Waals surface area (Å²) in [5.74, 6) is 0.830. The van der Waals surface area contributed by atoms with Gasteiger partial charge >= 0.3 is 0 Å². The minimum atomic E-state index is 0.277. The van der Waals surface area contributed by atoms with Crippen molar-refractivity contribution < 1.29 is 4.79 Å². The van der Waals surface area contributed by atoms with Crippen molar-refractivity contribution >= 4 is 5.71 Å². The van der Waals surface area contributed by atoms with Gasteiger partial charge in [-0.05, 0) is 32.1 Å². The number of rotatable bonds is 0. The maximum absolute atomic E-state index is 8.64. The van der Waals surface area contributed by atoms with Crippen LogP contribution in [-0.4, -0.2) is 10.5 Å². The highest BCUT2D eigenvalue weighted by Gasteiger charge is 2.51. The van der Waals surface area contributed by atoms with Crippen molar-refractivity contribution in [1.29, 1.82) is 0 Å². The lowest BCUT2D eigenvalue weighted by Gasteiger charge is -2.13. The summed E-state index contributed by atoms with van der Waals surface area (Å²) in [5.41, 5.74) is 9.96. The Balaban J connectivity index is 2.39. The maximum Gasteiger partial charge on any atom is 0.274 e. The predicted octanol–water partition coefficient (Wildman–Crippen LogP) is 1.87. The van der Waals surface area contributed by atoms with Crippen molar-refractivity contribution in [2.75, 3.05) is 0 Å². The highest BCUT2D eigenvalue weighted by Crippen LogP contribution is 2.51. The summed E-state index contributed by atoms with van der Waals surface area (Å²) in [6, 6.07) is 0. The Morgan fingerprint density at radius 3 is 2.80 bits per heavy atom. The zero-order chi connectivity index (χ0) is 7.19. The van der Waals surface area contributed by atoms with Gasteiger partial charge in [-0.1, -0.05) is 0 Å². The average Bonchev–Trinajstić information content (AvgIpc) is 2.41. The molecular weight excluding hydrogens is 124 g/mol. The van der Waals surface area contributed by atoms with E-state index < -0.39 is 0 Å². The van der Waals surface area contributed by atoms with Crippen LogP contribution in [0.4, 0.5) is 0 Å². The molecule has 0 radical (unpaired) electrons. The van der Waals surface area contributed by atoms with Crippen molar-refractivity contribution in [3.05, 3.63) is 5.53 Å². The Morgan fingerprint density at radius 2 is 2.50 bits per heavy atom. The van der Waals surface area contributed by atoms with E-state index in [9.17, 15) is 0 Å². The lowest BCUT2D eigenvalue weighted by atomic mass is 9.85. The lowest BCUT2D eigenvalue weighted by molar-refractivity contribution is -0.0206. The van der Waals surface area contributed by atoms with Crippen LogP contribution in [0.5, 0.6) is 0 Å². The highest BCUT2D eigenvalue weighted by molar-refractivity contribution is 5.88. The Labute approximate surface area is 60.9 Å². The van der Waals surface area contributed by atoms with Gasteiger partial charge in [0.1, 0.15) is 0 Å². The van der Waals surface area contributed by atoms with Crippen molar-refractivity contribution in [3.8, 4) is 0 Å². The number of nitrogens with zero attached hydrogens (tertiary/aromatic N) is 2. The zero-order valence-electron chi connectivity index (χ0n) is 6.30.